The van der Waals surface area contributed by atoms with E-state index in [-0.39, 0.29) is 5.82 Å². The number of aliphatic imine (C=N–C) groups is 1. The Kier molecular flexibility index (Phi) is 7.44. The summed E-state index contributed by atoms with van der Waals surface area (Å²) in [5.74, 6) is 0.0996. The zero-order valence-electron chi connectivity index (χ0n) is 16.8. The minimum atomic E-state index is -0.411. The molecule has 2 fully saturated rings. The molecule has 1 N–H and O–H groups in total. The van der Waals surface area contributed by atoms with Crippen molar-refractivity contribution in [3.05, 3.63) is 29.8 Å². The third-order valence-corrected chi connectivity index (χ3v) is 5.34. The number of rotatable bonds is 5. The van der Waals surface area contributed by atoms with E-state index in [4.69, 9.17) is 9.73 Å². The largest absolute Gasteiger partial charge is 0.379 e. The van der Waals surface area contributed by atoms with Crippen LogP contribution in [0, 0.1) is 11.6 Å². The minimum Gasteiger partial charge on any atom is -0.379 e. The van der Waals surface area contributed by atoms with Crippen LogP contribution in [-0.2, 0) is 4.74 Å². The second-order valence-corrected chi connectivity index (χ2v) is 7.26. The molecule has 1 aromatic rings. The first kappa shape index (κ1) is 20.8. The van der Waals surface area contributed by atoms with Gasteiger partial charge in [-0.3, -0.25) is 9.89 Å². The maximum atomic E-state index is 14.0. The lowest BCUT2D eigenvalue weighted by molar-refractivity contribution is 0.0220. The molecule has 6 nitrogen and oxygen atoms in total. The van der Waals surface area contributed by atoms with E-state index < -0.39 is 5.82 Å². The number of piperazine rings is 1. The Hall–Kier alpha value is -1.93. The van der Waals surface area contributed by atoms with Gasteiger partial charge >= 0.3 is 0 Å². The fraction of sp³-hybridized carbons (Fsp3) is 0.650. The summed E-state index contributed by atoms with van der Waals surface area (Å²) >= 11 is 0. The van der Waals surface area contributed by atoms with Crippen LogP contribution in [0.25, 0.3) is 0 Å². The van der Waals surface area contributed by atoms with E-state index in [9.17, 15) is 8.78 Å². The van der Waals surface area contributed by atoms with E-state index in [1.165, 1.54) is 12.1 Å². The van der Waals surface area contributed by atoms with E-state index in [1.807, 2.05) is 4.90 Å². The standard InChI is InChI=1S/C20H31F2N5O/c1-3-23-20(24-15-16(2)25-10-12-28-13-11-25)27-8-6-26(7-9-27)19-14-17(21)4-5-18(19)22/h4-5,14,16H,3,6-13,15H2,1-2H3,(H,23,24). The second-order valence-electron chi connectivity index (χ2n) is 7.26. The van der Waals surface area contributed by atoms with Crippen molar-refractivity contribution in [3.63, 3.8) is 0 Å². The quantitative estimate of drug-likeness (QED) is 0.608. The Morgan fingerprint density at radius 3 is 2.54 bits per heavy atom. The summed E-state index contributed by atoms with van der Waals surface area (Å²) in [6.45, 7) is 11.9. The molecular formula is C20H31F2N5O. The fourth-order valence-corrected chi connectivity index (χ4v) is 3.67. The lowest BCUT2D eigenvalue weighted by atomic mass is 10.2. The van der Waals surface area contributed by atoms with Crippen molar-refractivity contribution in [2.75, 3.05) is 70.5 Å². The first-order valence-corrected chi connectivity index (χ1v) is 10.1. The molecule has 0 aromatic heterocycles. The summed E-state index contributed by atoms with van der Waals surface area (Å²) in [5.41, 5.74) is 0.336. The van der Waals surface area contributed by atoms with Crippen LogP contribution < -0.4 is 10.2 Å². The molecule has 28 heavy (non-hydrogen) atoms. The predicted octanol–water partition coefficient (Wildman–Crippen LogP) is 1.77. The summed E-state index contributed by atoms with van der Waals surface area (Å²) in [7, 11) is 0. The number of nitrogens with one attached hydrogen (secondary N) is 1. The molecule has 1 atom stereocenters. The Morgan fingerprint density at radius 2 is 1.86 bits per heavy atom. The number of hydrogen-bond acceptors (Lipinski definition) is 4. The van der Waals surface area contributed by atoms with Crippen molar-refractivity contribution >= 4 is 11.6 Å². The maximum Gasteiger partial charge on any atom is 0.194 e. The first-order valence-electron chi connectivity index (χ1n) is 10.1. The topological polar surface area (TPSA) is 43.3 Å². The average Bonchev–Trinajstić information content (AvgIpc) is 2.73. The number of halogens is 2. The Balaban J connectivity index is 1.58. The summed E-state index contributed by atoms with van der Waals surface area (Å²) < 4.78 is 33.0. The van der Waals surface area contributed by atoms with E-state index in [1.54, 1.807) is 0 Å². The molecule has 2 saturated heterocycles. The van der Waals surface area contributed by atoms with E-state index >= 15 is 0 Å². The lowest BCUT2D eigenvalue weighted by Gasteiger charge is -2.38. The molecule has 0 radical (unpaired) electrons. The second kappa shape index (κ2) is 10.0. The van der Waals surface area contributed by atoms with Crippen molar-refractivity contribution in [2.45, 2.75) is 19.9 Å². The van der Waals surface area contributed by atoms with Crippen LogP contribution in [0.2, 0.25) is 0 Å². The molecule has 0 spiro atoms. The first-order chi connectivity index (χ1) is 13.6. The van der Waals surface area contributed by atoms with Crippen LogP contribution in [0.5, 0.6) is 0 Å². The van der Waals surface area contributed by atoms with Gasteiger partial charge in [0, 0.05) is 57.9 Å². The Morgan fingerprint density at radius 1 is 1.14 bits per heavy atom. The highest BCUT2D eigenvalue weighted by Gasteiger charge is 2.23. The molecule has 156 valence electrons. The van der Waals surface area contributed by atoms with Gasteiger partial charge in [0.05, 0.1) is 25.4 Å². The molecule has 8 heteroatoms. The average molecular weight is 395 g/mol. The number of benzene rings is 1. The van der Waals surface area contributed by atoms with Gasteiger partial charge in [-0.2, -0.15) is 0 Å². The molecule has 2 aliphatic heterocycles. The van der Waals surface area contributed by atoms with Crippen LogP contribution in [0.15, 0.2) is 23.2 Å². The number of guanidine groups is 1. The molecule has 0 bridgehead atoms. The van der Waals surface area contributed by atoms with Gasteiger partial charge in [0.25, 0.3) is 0 Å². The van der Waals surface area contributed by atoms with Crippen molar-refractivity contribution in [2.24, 2.45) is 4.99 Å². The molecular weight excluding hydrogens is 364 g/mol. The number of hydrogen-bond donors (Lipinski definition) is 1. The van der Waals surface area contributed by atoms with Gasteiger partial charge in [-0.15, -0.1) is 0 Å². The fourth-order valence-electron chi connectivity index (χ4n) is 3.67. The zero-order valence-corrected chi connectivity index (χ0v) is 16.8. The molecule has 3 rings (SSSR count). The summed E-state index contributed by atoms with van der Waals surface area (Å²) in [4.78, 5) is 11.3. The smallest absolute Gasteiger partial charge is 0.194 e. The van der Waals surface area contributed by atoms with Gasteiger partial charge in [-0.1, -0.05) is 0 Å². The van der Waals surface area contributed by atoms with Crippen molar-refractivity contribution in [1.29, 1.82) is 0 Å². The summed E-state index contributed by atoms with van der Waals surface area (Å²) in [6, 6.07) is 3.98. The normalized spacial score (nSPS) is 20.4. The summed E-state index contributed by atoms with van der Waals surface area (Å²) in [6.07, 6.45) is 0. The Bertz CT molecular complexity index is 658. The van der Waals surface area contributed by atoms with Gasteiger partial charge in [0.15, 0.2) is 5.96 Å². The maximum absolute atomic E-state index is 14.0. The van der Waals surface area contributed by atoms with Crippen LogP contribution in [0.1, 0.15) is 13.8 Å². The third-order valence-electron chi connectivity index (χ3n) is 5.34. The van der Waals surface area contributed by atoms with Gasteiger partial charge in [0.1, 0.15) is 11.6 Å². The number of morpholine rings is 1. The predicted molar refractivity (Wildman–Crippen MR) is 108 cm³/mol. The lowest BCUT2D eigenvalue weighted by Crippen LogP contribution is -2.53. The number of nitrogens with zero attached hydrogens (tertiary/aromatic N) is 4. The highest BCUT2D eigenvalue weighted by atomic mass is 19.1. The molecule has 0 saturated carbocycles. The van der Waals surface area contributed by atoms with Gasteiger partial charge < -0.3 is 19.9 Å². The van der Waals surface area contributed by atoms with Crippen molar-refractivity contribution in [1.82, 2.24) is 15.1 Å². The highest BCUT2D eigenvalue weighted by Crippen LogP contribution is 2.22. The molecule has 1 aromatic carbocycles. The van der Waals surface area contributed by atoms with Gasteiger partial charge in [-0.25, -0.2) is 8.78 Å². The summed E-state index contributed by atoms with van der Waals surface area (Å²) in [5, 5.41) is 3.37. The monoisotopic (exact) mass is 395 g/mol. The Labute approximate surface area is 166 Å². The SMILES string of the molecule is CCNC(=NCC(C)N1CCOCC1)N1CCN(c2cc(F)ccc2F)CC1. The van der Waals surface area contributed by atoms with E-state index in [0.717, 1.165) is 51.4 Å². The van der Waals surface area contributed by atoms with Gasteiger partial charge in [-0.05, 0) is 26.0 Å². The van der Waals surface area contributed by atoms with Gasteiger partial charge in [0.2, 0.25) is 0 Å². The minimum absolute atomic E-state index is 0.336. The molecule has 2 heterocycles. The third kappa shape index (κ3) is 5.32. The van der Waals surface area contributed by atoms with Crippen LogP contribution in [0.3, 0.4) is 0 Å². The number of anilines is 1. The molecule has 0 aliphatic carbocycles. The van der Waals surface area contributed by atoms with Crippen LogP contribution in [0.4, 0.5) is 14.5 Å². The molecule has 1 unspecified atom stereocenters. The van der Waals surface area contributed by atoms with E-state index in [0.29, 0.717) is 37.9 Å². The zero-order chi connectivity index (χ0) is 19.9. The molecule has 2 aliphatic rings. The molecule has 0 amide bonds. The van der Waals surface area contributed by atoms with Crippen molar-refractivity contribution < 1.29 is 13.5 Å². The highest BCUT2D eigenvalue weighted by molar-refractivity contribution is 5.80. The van der Waals surface area contributed by atoms with Crippen molar-refractivity contribution in [3.8, 4) is 0 Å². The van der Waals surface area contributed by atoms with Crippen LogP contribution in [-0.4, -0.2) is 87.4 Å². The number of ether oxygens (including phenoxy) is 1. The van der Waals surface area contributed by atoms with E-state index in [2.05, 4.69) is 29.0 Å². The van der Waals surface area contributed by atoms with Crippen LogP contribution >= 0.6 is 0 Å².